The van der Waals surface area contributed by atoms with Crippen molar-refractivity contribution in [3.63, 3.8) is 0 Å². The molecule has 4 rings (SSSR count). The molecule has 0 spiro atoms. The summed E-state index contributed by atoms with van der Waals surface area (Å²) in [6.07, 6.45) is 8.15. The summed E-state index contributed by atoms with van der Waals surface area (Å²) >= 11 is 1.54. The van der Waals surface area contributed by atoms with E-state index in [0.717, 1.165) is 43.2 Å². The molecule has 0 saturated heterocycles. The first-order chi connectivity index (χ1) is 15.2. The van der Waals surface area contributed by atoms with Crippen LogP contribution < -0.4 is 10.6 Å². The summed E-state index contributed by atoms with van der Waals surface area (Å²) in [5, 5.41) is 6.67. The zero-order valence-corrected chi connectivity index (χ0v) is 18.2. The fourth-order valence-corrected chi connectivity index (χ4v) is 5.13. The van der Waals surface area contributed by atoms with Gasteiger partial charge in [0.25, 0.3) is 5.91 Å². The van der Waals surface area contributed by atoms with Crippen LogP contribution >= 0.6 is 11.3 Å². The number of nitrogens with one attached hydrogen (secondary N) is 2. The lowest BCUT2D eigenvalue weighted by molar-refractivity contribution is -0.111. The molecule has 0 bridgehead atoms. The summed E-state index contributed by atoms with van der Waals surface area (Å²) in [6.45, 7) is 0.564. The monoisotopic (exact) mass is 430 g/mol. The molecular weight excluding hydrogens is 404 g/mol. The third kappa shape index (κ3) is 5.50. The zero-order chi connectivity index (χ0) is 21.5. The van der Waals surface area contributed by atoms with Crippen molar-refractivity contribution < 1.29 is 9.59 Å². The van der Waals surface area contributed by atoms with Crippen LogP contribution in [-0.4, -0.2) is 18.4 Å². The van der Waals surface area contributed by atoms with E-state index in [9.17, 15) is 9.59 Å². The van der Waals surface area contributed by atoms with Crippen LogP contribution in [0.2, 0.25) is 0 Å². The van der Waals surface area contributed by atoms with Gasteiger partial charge >= 0.3 is 0 Å². The van der Waals surface area contributed by atoms with Gasteiger partial charge in [0.05, 0.1) is 5.56 Å². The minimum Gasteiger partial charge on any atom is -0.352 e. The van der Waals surface area contributed by atoms with Gasteiger partial charge in [-0.05, 0) is 54.9 Å². The largest absolute Gasteiger partial charge is 0.352 e. The number of carbonyl (C=O) groups excluding carboxylic acids is 2. The molecule has 0 unspecified atom stereocenters. The average molecular weight is 431 g/mol. The summed E-state index contributed by atoms with van der Waals surface area (Å²) in [5.74, 6) is -0.321. The molecular formula is C26H26N2O2S. The molecule has 2 aromatic carbocycles. The molecule has 1 aromatic heterocycles. The number of benzene rings is 2. The van der Waals surface area contributed by atoms with E-state index in [1.54, 1.807) is 17.4 Å². The van der Waals surface area contributed by atoms with Crippen molar-refractivity contribution in [2.75, 3.05) is 11.9 Å². The SMILES string of the molecule is O=C(/C=C/c1ccccc1)Nc1sc2c(c1C(=O)NCCc1ccccc1)CCCC2. The number of anilines is 1. The van der Waals surface area contributed by atoms with Gasteiger partial charge in [0.2, 0.25) is 5.91 Å². The highest BCUT2D eigenvalue weighted by atomic mass is 32.1. The Hall–Kier alpha value is -3.18. The van der Waals surface area contributed by atoms with Crippen LogP contribution in [0.25, 0.3) is 6.08 Å². The van der Waals surface area contributed by atoms with Gasteiger partial charge < -0.3 is 10.6 Å². The molecule has 31 heavy (non-hydrogen) atoms. The third-order valence-corrected chi connectivity index (χ3v) is 6.61. The number of amides is 2. The number of hydrogen-bond donors (Lipinski definition) is 2. The molecule has 0 atom stereocenters. The van der Waals surface area contributed by atoms with Crippen LogP contribution in [0.5, 0.6) is 0 Å². The Morgan fingerprint density at radius 1 is 0.935 bits per heavy atom. The number of fused-ring (bicyclic) bond motifs is 1. The molecule has 5 heteroatoms. The van der Waals surface area contributed by atoms with Crippen LogP contribution in [0.1, 0.15) is 44.8 Å². The molecule has 0 aliphatic heterocycles. The van der Waals surface area contributed by atoms with Crippen LogP contribution in [0.3, 0.4) is 0 Å². The summed E-state index contributed by atoms with van der Waals surface area (Å²) in [5.41, 5.74) is 3.90. The van der Waals surface area contributed by atoms with Crippen LogP contribution in [0, 0.1) is 0 Å². The third-order valence-electron chi connectivity index (χ3n) is 5.40. The molecule has 0 saturated carbocycles. The van der Waals surface area contributed by atoms with Crippen molar-refractivity contribution in [2.24, 2.45) is 0 Å². The Labute approximate surface area is 187 Å². The van der Waals surface area contributed by atoms with Crippen molar-refractivity contribution in [3.8, 4) is 0 Å². The lowest BCUT2D eigenvalue weighted by Crippen LogP contribution is -2.27. The Bertz CT molecular complexity index is 1070. The molecule has 3 aromatic rings. The average Bonchev–Trinajstić information content (AvgIpc) is 3.17. The summed E-state index contributed by atoms with van der Waals surface area (Å²) in [7, 11) is 0. The second-order valence-electron chi connectivity index (χ2n) is 7.64. The lowest BCUT2D eigenvalue weighted by atomic mass is 9.95. The maximum absolute atomic E-state index is 13.1. The molecule has 0 fully saturated rings. The van der Waals surface area contributed by atoms with E-state index >= 15 is 0 Å². The van der Waals surface area contributed by atoms with E-state index in [4.69, 9.17) is 0 Å². The first kappa shape index (κ1) is 21.1. The smallest absolute Gasteiger partial charge is 0.254 e. The number of thiophene rings is 1. The van der Waals surface area contributed by atoms with E-state index in [0.29, 0.717) is 17.1 Å². The Balaban J connectivity index is 1.47. The van der Waals surface area contributed by atoms with E-state index < -0.39 is 0 Å². The topological polar surface area (TPSA) is 58.2 Å². The lowest BCUT2D eigenvalue weighted by Gasteiger charge is -2.13. The van der Waals surface area contributed by atoms with Gasteiger partial charge in [-0.3, -0.25) is 9.59 Å². The highest BCUT2D eigenvalue weighted by Gasteiger charge is 2.25. The second kappa shape index (κ2) is 10.2. The number of carbonyl (C=O) groups is 2. The van der Waals surface area contributed by atoms with Crippen LogP contribution in [-0.2, 0) is 24.1 Å². The van der Waals surface area contributed by atoms with Gasteiger partial charge in [0.1, 0.15) is 5.00 Å². The first-order valence-electron chi connectivity index (χ1n) is 10.7. The van der Waals surface area contributed by atoms with Crippen molar-refractivity contribution in [1.29, 1.82) is 0 Å². The molecule has 0 radical (unpaired) electrons. The predicted molar refractivity (Wildman–Crippen MR) is 128 cm³/mol. The Morgan fingerprint density at radius 2 is 1.65 bits per heavy atom. The van der Waals surface area contributed by atoms with Crippen molar-refractivity contribution >= 4 is 34.2 Å². The maximum Gasteiger partial charge on any atom is 0.254 e. The van der Waals surface area contributed by atoms with E-state index in [-0.39, 0.29) is 11.8 Å². The van der Waals surface area contributed by atoms with Gasteiger partial charge in [0, 0.05) is 17.5 Å². The normalized spacial score (nSPS) is 13.0. The minimum absolute atomic E-state index is 0.0994. The Kier molecular flexibility index (Phi) is 6.95. The second-order valence-corrected chi connectivity index (χ2v) is 8.74. The minimum atomic E-state index is -0.221. The standard InChI is InChI=1S/C26H26N2O2S/c29-23(16-15-19-9-3-1-4-10-19)28-26-24(21-13-7-8-14-22(21)31-26)25(30)27-18-17-20-11-5-2-6-12-20/h1-6,9-12,15-16H,7-8,13-14,17-18H2,(H,27,30)(H,28,29)/b16-15+. The summed E-state index contributed by atoms with van der Waals surface area (Å²) < 4.78 is 0. The molecule has 1 aliphatic carbocycles. The molecule has 1 heterocycles. The van der Waals surface area contributed by atoms with E-state index in [2.05, 4.69) is 22.8 Å². The highest BCUT2D eigenvalue weighted by Crippen LogP contribution is 2.38. The Morgan fingerprint density at radius 3 is 2.42 bits per heavy atom. The molecule has 1 aliphatic rings. The van der Waals surface area contributed by atoms with Crippen molar-refractivity contribution in [2.45, 2.75) is 32.1 Å². The van der Waals surface area contributed by atoms with Gasteiger partial charge in [-0.15, -0.1) is 11.3 Å². The summed E-state index contributed by atoms with van der Waals surface area (Å²) in [4.78, 5) is 26.8. The molecule has 4 nitrogen and oxygen atoms in total. The summed E-state index contributed by atoms with van der Waals surface area (Å²) in [6, 6.07) is 19.8. The molecule has 2 N–H and O–H groups in total. The maximum atomic E-state index is 13.1. The molecule has 158 valence electrons. The number of hydrogen-bond acceptors (Lipinski definition) is 3. The highest BCUT2D eigenvalue weighted by molar-refractivity contribution is 7.17. The van der Waals surface area contributed by atoms with Crippen molar-refractivity contribution in [1.82, 2.24) is 5.32 Å². The van der Waals surface area contributed by atoms with Gasteiger partial charge in [-0.25, -0.2) is 0 Å². The van der Waals surface area contributed by atoms with E-state index in [1.807, 2.05) is 48.5 Å². The number of aryl methyl sites for hydroxylation is 1. The van der Waals surface area contributed by atoms with Crippen LogP contribution in [0.15, 0.2) is 66.7 Å². The van der Waals surface area contributed by atoms with E-state index in [1.165, 1.54) is 16.5 Å². The van der Waals surface area contributed by atoms with Gasteiger partial charge in [-0.1, -0.05) is 60.7 Å². The fraction of sp³-hybridized carbons (Fsp3) is 0.231. The number of rotatable bonds is 7. The quantitative estimate of drug-likeness (QED) is 0.503. The molecule has 2 amide bonds. The van der Waals surface area contributed by atoms with Gasteiger partial charge in [0.15, 0.2) is 0 Å². The van der Waals surface area contributed by atoms with Gasteiger partial charge in [-0.2, -0.15) is 0 Å². The predicted octanol–water partition coefficient (Wildman–Crippen LogP) is 5.25. The van der Waals surface area contributed by atoms with Crippen molar-refractivity contribution in [3.05, 3.63) is 93.9 Å². The first-order valence-corrected chi connectivity index (χ1v) is 11.5. The van der Waals surface area contributed by atoms with Crippen LogP contribution in [0.4, 0.5) is 5.00 Å². The zero-order valence-electron chi connectivity index (χ0n) is 17.4. The fourth-order valence-electron chi connectivity index (χ4n) is 3.84.